The molecular weight excluding hydrogens is 514 g/mol. The number of aromatic nitrogens is 5. The Kier molecular flexibility index (Phi) is 6.71. The molecule has 1 aliphatic heterocycles. The quantitative estimate of drug-likeness (QED) is 0.258. The standard InChI is InChI=1S/C31H31N9O/c1-22(27-15-23(25-18-35-37(3)20-25)21-40-29(27)24(16-32)17-36-40)6-7-28(33-2)38-11-13-39(14-12-38)30(41)31(8-9-31)26-5-4-10-34-19-26/h4-7,10,15,17-21H,2,8-9,11-14H2,1,3H3/b22-6+,28-7+. The molecule has 0 N–H and O–H groups in total. The van der Waals surface area contributed by atoms with E-state index in [0.717, 1.165) is 52.0 Å². The first kappa shape index (κ1) is 26.2. The molecule has 4 aromatic rings. The SMILES string of the molecule is C=N/C(=C\C=C(/C)c1cc(-c2cnn(C)c2)cn2ncc(C#N)c12)N1CCN(C(=O)C2(c3cccnc3)CC2)CC1. The van der Waals surface area contributed by atoms with Crippen molar-refractivity contribution < 1.29 is 4.79 Å². The number of carbonyl (C=O) groups excluding carboxylic acids is 1. The minimum Gasteiger partial charge on any atom is -0.353 e. The van der Waals surface area contributed by atoms with Crippen LogP contribution in [0.3, 0.4) is 0 Å². The maximum absolute atomic E-state index is 13.5. The lowest BCUT2D eigenvalue weighted by atomic mass is 9.95. The summed E-state index contributed by atoms with van der Waals surface area (Å²) in [6.45, 7) is 8.43. The highest BCUT2D eigenvalue weighted by Gasteiger charge is 2.53. The number of pyridine rings is 2. The molecule has 1 aliphatic carbocycles. The Hall–Kier alpha value is -5.04. The average molecular weight is 546 g/mol. The Bertz CT molecular complexity index is 1730. The second-order valence-corrected chi connectivity index (χ2v) is 10.6. The van der Waals surface area contributed by atoms with Gasteiger partial charge in [-0.15, -0.1) is 0 Å². The zero-order chi connectivity index (χ0) is 28.6. The molecule has 1 amide bonds. The van der Waals surface area contributed by atoms with Crippen molar-refractivity contribution in [1.82, 2.24) is 34.2 Å². The van der Waals surface area contributed by atoms with Crippen LogP contribution in [0.25, 0.3) is 22.2 Å². The first-order chi connectivity index (χ1) is 19.9. The molecule has 0 radical (unpaired) electrons. The van der Waals surface area contributed by atoms with E-state index >= 15 is 0 Å². The highest BCUT2D eigenvalue weighted by molar-refractivity contribution is 5.91. The second kappa shape index (κ2) is 10.5. The molecule has 4 aromatic heterocycles. The van der Waals surface area contributed by atoms with E-state index in [1.165, 1.54) is 0 Å². The molecule has 0 spiro atoms. The van der Waals surface area contributed by atoms with Gasteiger partial charge in [0.1, 0.15) is 11.9 Å². The number of carbonyl (C=O) groups is 1. The molecule has 6 rings (SSSR count). The normalized spacial score (nSPS) is 17.0. The van der Waals surface area contributed by atoms with Crippen LogP contribution in [0.1, 0.15) is 36.5 Å². The minimum atomic E-state index is -0.405. The number of hydrogen-bond acceptors (Lipinski definition) is 7. The topological polar surface area (TPSA) is 108 Å². The van der Waals surface area contributed by atoms with Gasteiger partial charge >= 0.3 is 0 Å². The summed E-state index contributed by atoms with van der Waals surface area (Å²) in [5.74, 6) is 0.947. The first-order valence-corrected chi connectivity index (χ1v) is 13.6. The Balaban J connectivity index is 1.22. The number of hydrogen-bond donors (Lipinski definition) is 0. The number of aryl methyl sites for hydroxylation is 1. The summed E-state index contributed by atoms with van der Waals surface area (Å²) in [6.07, 6.45) is 16.5. The van der Waals surface area contributed by atoms with Crippen molar-refractivity contribution in [1.29, 1.82) is 5.26 Å². The van der Waals surface area contributed by atoms with E-state index in [9.17, 15) is 10.1 Å². The van der Waals surface area contributed by atoms with Crippen molar-refractivity contribution in [3.05, 3.63) is 90.0 Å². The number of fused-ring (bicyclic) bond motifs is 1. The van der Waals surface area contributed by atoms with E-state index < -0.39 is 5.41 Å². The van der Waals surface area contributed by atoms with E-state index in [1.54, 1.807) is 21.6 Å². The van der Waals surface area contributed by atoms with Gasteiger partial charge in [0.05, 0.1) is 28.9 Å². The van der Waals surface area contributed by atoms with Crippen LogP contribution < -0.4 is 0 Å². The fraction of sp³-hybridized carbons (Fsp3) is 0.290. The molecule has 0 unspecified atom stereocenters. The smallest absolute Gasteiger partial charge is 0.233 e. The highest BCUT2D eigenvalue weighted by Crippen LogP contribution is 2.49. The second-order valence-electron chi connectivity index (χ2n) is 10.6. The number of piperazine rings is 1. The molecule has 0 atom stereocenters. The zero-order valence-corrected chi connectivity index (χ0v) is 23.2. The molecule has 1 saturated heterocycles. The van der Waals surface area contributed by atoms with Gasteiger partial charge in [-0.3, -0.25) is 14.5 Å². The monoisotopic (exact) mass is 545 g/mol. The summed E-state index contributed by atoms with van der Waals surface area (Å²) in [6, 6.07) is 8.23. The number of allylic oxidation sites excluding steroid dienone is 3. The van der Waals surface area contributed by atoms with Crippen molar-refractivity contribution in [2.24, 2.45) is 12.0 Å². The number of aliphatic imine (C=N–C) groups is 1. The van der Waals surface area contributed by atoms with Crippen LogP contribution in [0.15, 0.2) is 78.3 Å². The lowest BCUT2D eigenvalue weighted by molar-refractivity contribution is -0.135. The third-order valence-electron chi connectivity index (χ3n) is 8.10. The van der Waals surface area contributed by atoms with Crippen LogP contribution in [0.2, 0.25) is 0 Å². The molecule has 0 aromatic carbocycles. The molecular formula is C31H31N9O. The fourth-order valence-electron chi connectivity index (χ4n) is 5.62. The number of amides is 1. The summed E-state index contributed by atoms with van der Waals surface area (Å²) in [4.78, 5) is 26.1. The Labute approximate surface area is 238 Å². The van der Waals surface area contributed by atoms with E-state index in [2.05, 4.69) is 43.9 Å². The molecule has 0 bridgehead atoms. The number of nitriles is 1. The summed E-state index contributed by atoms with van der Waals surface area (Å²) < 4.78 is 3.51. The largest absolute Gasteiger partial charge is 0.353 e. The molecule has 2 aliphatic rings. The molecule has 41 heavy (non-hydrogen) atoms. The number of nitrogens with zero attached hydrogens (tertiary/aromatic N) is 9. The van der Waals surface area contributed by atoms with E-state index in [0.29, 0.717) is 31.7 Å². The van der Waals surface area contributed by atoms with Crippen molar-refractivity contribution >= 4 is 23.7 Å². The van der Waals surface area contributed by atoms with Crippen molar-refractivity contribution in [2.45, 2.75) is 25.2 Å². The summed E-state index contributed by atoms with van der Waals surface area (Å²) in [5, 5.41) is 18.4. The summed E-state index contributed by atoms with van der Waals surface area (Å²) in [7, 11) is 1.88. The van der Waals surface area contributed by atoms with Gasteiger partial charge < -0.3 is 9.80 Å². The van der Waals surface area contributed by atoms with Crippen molar-refractivity contribution in [3.63, 3.8) is 0 Å². The summed E-state index contributed by atoms with van der Waals surface area (Å²) in [5.41, 5.74) is 5.65. The van der Waals surface area contributed by atoms with Crippen LogP contribution in [0.5, 0.6) is 0 Å². The van der Waals surface area contributed by atoms with Crippen LogP contribution in [-0.2, 0) is 17.3 Å². The first-order valence-electron chi connectivity index (χ1n) is 13.6. The van der Waals surface area contributed by atoms with Gasteiger partial charge in [0.15, 0.2) is 0 Å². The maximum Gasteiger partial charge on any atom is 0.233 e. The predicted octanol–water partition coefficient (Wildman–Crippen LogP) is 3.82. The Morgan fingerprint density at radius 2 is 1.85 bits per heavy atom. The third kappa shape index (κ3) is 4.80. The van der Waals surface area contributed by atoms with Crippen molar-refractivity contribution in [3.8, 4) is 17.2 Å². The molecule has 5 heterocycles. The van der Waals surface area contributed by atoms with Gasteiger partial charge in [-0.1, -0.05) is 12.1 Å². The molecule has 206 valence electrons. The van der Waals surface area contributed by atoms with Gasteiger partial charge in [-0.25, -0.2) is 9.51 Å². The zero-order valence-electron chi connectivity index (χ0n) is 23.2. The van der Waals surface area contributed by atoms with Gasteiger partial charge in [0.25, 0.3) is 0 Å². The van der Waals surface area contributed by atoms with Gasteiger partial charge in [-0.2, -0.15) is 15.5 Å². The number of rotatable bonds is 7. The van der Waals surface area contributed by atoms with Crippen LogP contribution >= 0.6 is 0 Å². The predicted molar refractivity (Wildman–Crippen MR) is 157 cm³/mol. The van der Waals surface area contributed by atoms with Crippen LogP contribution in [0, 0.1) is 11.3 Å². The third-order valence-corrected chi connectivity index (χ3v) is 8.10. The fourth-order valence-corrected chi connectivity index (χ4v) is 5.62. The molecule has 1 saturated carbocycles. The lowest BCUT2D eigenvalue weighted by Crippen LogP contribution is -2.51. The minimum absolute atomic E-state index is 0.199. The van der Waals surface area contributed by atoms with E-state index in [4.69, 9.17) is 0 Å². The highest BCUT2D eigenvalue weighted by atomic mass is 16.2. The van der Waals surface area contributed by atoms with Gasteiger partial charge in [0.2, 0.25) is 5.91 Å². The van der Waals surface area contributed by atoms with Crippen LogP contribution in [-0.4, -0.2) is 73.0 Å². The van der Waals surface area contributed by atoms with E-state index in [-0.39, 0.29) is 5.91 Å². The Morgan fingerprint density at radius 1 is 1.07 bits per heavy atom. The molecule has 10 nitrogen and oxygen atoms in total. The van der Waals surface area contributed by atoms with E-state index in [1.807, 2.05) is 67.9 Å². The molecule has 10 heteroatoms. The molecule has 2 fully saturated rings. The maximum atomic E-state index is 13.5. The average Bonchev–Trinajstić information content (AvgIpc) is 3.54. The van der Waals surface area contributed by atoms with Gasteiger partial charge in [0, 0.05) is 74.7 Å². The lowest BCUT2D eigenvalue weighted by Gasteiger charge is -2.37. The summed E-state index contributed by atoms with van der Waals surface area (Å²) >= 11 is 0. The van der Waals surface area contributed by atoms with Gasteiger partial charge in [-0.05, 0) is 55.8 Å². The van der Waals surface area contributed by atoms with Crippen molar-refractivity contribution in [2.75, 3.05) is 26.2 Å². The Morgan fingerprint density at radius 3 is 2.49 bits per heavy atom. The van der Waals surface area contributed by atoms with Crippen LogP contribution in [0.4, 0.5) is 0 Å².